The van der Waals surface area contributed by atoms with E-state index < -0.39 is 0 Å². The van der Waals surface area contributed by atoms with E-state index in [4.69, 9.17) is 9.47 Å². The first-order valence-corrected chi connectivity index (χ1v) is 4.32. The van der Waals surface area contributed by atoms with Gasteiger partial charge in [0.25, 0.3) is 0 Å². The monoisotopic (exact) mass is 196 g/mol. The minimum absolute atomic E-state index is 0.236. The quantitative estimate of drug-likeness (QED) is 0.673. The van der Waals surface area contributed by atoms with Gasteiger partial charge in [-0.1, -0.05) is 24.8 Å². The summed E-state index contributed by atoms with van der Waals surface area (Å²) < 4.78 is 23.3. The van der Waals surface area contributed by atoms with Crippen LogP contribution in [0.1, 0.15) is 5.56 Å². The Labute approximate surface area is 83.0 Å². The smallest absolute Gasteiger partial charge is 0.165 e. The van der Waals surface area contributed by atoms with Gasteiger partial charge in [0.05, 0.1) is 6.61 Å². The standard InChI is InChI=1S/C11H13FO2/c1-3-9-5-4-6-10(12)11(9)14-8-7-13-2/h3-6H,1,7-8H2,2H3. The molecule has 0 atom stereocenters. The van der Waals surface area contributed by atoms with Crippen molar-refractivity contribution in [3.63, 3.8) is 0 Å². The largest absolute Gasteiger partial charge is 0.487 e. The first kappa shape index (κ1) is 10.7. The summed E-state index contributed by atoms with van der Waals surface area (Å²) in [6.07, 6.45) is 1.56. The van der Waals surface area contributed by atoms with Crippen LogP contribution in [0.3, 0.4) is 0 Å². The fraction of sp³-hybridized carbons (Fsp3) is 0.273. The van der Waals surface area contributed by atoms with Gasteiger partial charge >= 0.3 is 0 Å². The second-order valence-electron chi connectivity index (χ2n) is 2.70. The first-order chi connectivity index (χ1) is 6.79. The molecule has 76 valence electrons. The zero-order valence-corrected chi connectivity index (χ0v) is 8.13. The molecule has 0 saturated carbocycles. The van der Waals surface area contributed by atoms with Gasteiger partial charge in [0.2, 0.25) is 0 Å². The van der Waals surface area contributed by atoms with Crippen molar-refractivity contribution in [3.8, 4) is 5.75 Å². The molecule has 0 fully saturated rings. The highest BCUT2D eigenvalue weighted by molar-refractivity contribution is 5.55. The third-order valence-electron chi connectivity index (χ3n) is 1.75. The highest BCUT2D eigenvalue weighted by Gasteiger charge is 2.06. The summed E-state index contributed by atoms with van der Waals surface area (Å²) in [5.74, 6) is -0.141. The zero-order valence-electron chi connectivity index (χ0n) is 8.13. The molecule has 0 saturated heterocycles. The maximum atomic E-state index is 13.3. The van der Waals surface area contributed by atoms with Crippen LogP contribution >= 0.6 is 0 Å². The van der Waals surface area contributed by atoms with Crippen molar-refractivity contribution in [2.24, 2.45) is 0 Å². The van der Waals surface area contributed by atoms with Crippen molar-refractivity contribution in [3.05, 3.63) is 36.2 Å². The van der Waals surface area contributed by atoms with Crippen LogP contribution in [0.2, 0.25) is 0 Å². The maximum Gasteiger partial charge on any atom is 0.165 e. The van der Waals surface area contributed by atoms with E-state index in [0.717, 1.165) is 0 Å². The van der Waals surface area contributed by atoms with Crippen molar-refractivity contribution in [2.45, 2.75) is 0 Å². The Morgan fingerprint density at radius 1 is 1.43 bits per heavy atom. The average Bonchev–Trinajstić information content (AvgIpc) is 2.20. The molecule has 0 radical (unpaired) electrons. The molecule has 0 aromatic heterocycles. The number of methoxy groups -OCH3 is 1. The van der Waals surface area contributed by atoms with Gasteiger partial charge < -0.3 is 9.47 Å². The molecule has 1 aromatic carbocycles. The van der Waals surface area contributed by atoms with Crippen LogP contribution in [0.15, 0.2) is 24.8 Å². The SMILES string of the molecule is C=Cc1cccc(F)c1OCCOC. The fourth-order valence-electron chi connectivity index (χ4n) is 1.07. The molecule has 0 aliphatic carbocycles. The van der Waals surface area contributed by atoms with Crippen LogP contribution in [0.4, 0.5) is 4.39 Å². The van der Waals surface area contributed by atoms with Crippen molar-refractivity contribution in [2.75, 3.05) is 20.3 Å². The number of hydrogen-bond acceptors (Lipinski definition) is 2. The summed E-state index contributed by atoms with van der Waals surface area (Å²) in [7, 11) is 1.57. The van der Waals surface area contributed by atoms with Gasteiger partial charge in [-0.15, -0.1) is 0 Å². The Morgan fingerprint density at radius 2 is 2.21 bits per heavy atom. The number of halogens is 1. The number of benzene rings is 1. The van der Waals surface area contributed by atoms with Gasteiger partial charge in [0.1, 0.15) is 6.61 Å². The van der Waals surface area contributed by atoms with Crippen molar-refractivity contribution < 1.29 is 13.9 Å². The summed E-state index contributed by atoms with van der Waals surface area (Å²) >= 11 is 0. The van der Waals surface area contributed by atoms with Crippen LogP contribution in [0, 0.1) is 5.82 Å². The molecule has 2 nitrogen and oxygen atoms in total. The Kier molecular flexibility index (Phi) is 4.13. The van der Waals surface area contributed by atoms with Gasteiger partial charge in [0, 0.05) is 12.7 Å². The molecule has 0 bridgehead atoms. The van der Waals surface area contributed by atoms with E-state index in [2.05, 4.69) is 6.58 Å². The van der Waals surface area contributed by atoms with Crippen LogP contribution < -0.4 is 4.74 Å². The molecule has 1 rings (SSSR count). The van der Waals surface area contributed by atoms with Crippen LogP contribution in [-0.4, -0.2) is 20.3 Å². The molecule has 0 N–H and O–H groups in total. The minimum atomic E-state index is -0.376. The zero-order chi connectivity index (χ0) is 10.4. The Morgan fingerprint density at radius 3 is 2.86 bits per heavy atom. The lowest BCUT2D eigenvalue weighted by Crippen LogP contribution is -2.06. The van der Waals surface area contributed by atoms with E-state index in [1.165, 1.54) is 6.07 Å². The van der Waals surface area contributed by atoms with Crippen LogP contribution in [0.5, 0.6) is 5.75 Å². The lowest BCUT2D eigenvalue weighted by atomic mass is 10.2. The van der Waals surface area contributed by atoms with Crippen molar-refractivity contribution >= 4 is 6.08 Å². The second kappa shape index (κ2) is 5.40. The number of hydrogen-bond donors (Lipinski definition) is 0. The predicted molar refractivity (Wildman–Crippen MR) is 53.9 cm³/mol. The molecule has 0 amide bonds. The van der Waals surface area contributed by atoms with Gasteiger partial charge in [0.15, 0.2) is 11.6 Å². The Hall–Kier alpha value is -1.35. The molecule has 3 heteroatoms. The first-order valence-electron chi connectivity index (χ1n) is 4.32. The summed E-state index contributed by atoms with van der Waals surface area (Å²) in [4.78, 5) is 0. The van der Waals surface area contributed by atoms with Crippen molar-refractivity contribution in [1.82, 2.24) is 0 Å². The molecule has 0 aliphatic rings. The molecule has 14 heavy (non-hydrogen) atoms. The Balaban J connectivity index is 2.77. The molecular formula is C11H13FO2. The molecule has 0 heterocycles. The molecule has 1 aromatic rings. The van der Waals surface area contributed by atoms with E-state index >= 15 is 0 Å². The maximum absolute atomic E-state index is 13.3. The Bertz CT molecular complexity index is 310. The van der Waals surface area contributed by atoms with Gasteiger partial charge in [-0.25, -0.2) is 4.39 Å². The molecular weight excluding hydrogens is 183 g/mol. The average molecular weight is 196 g/mol. The predicted octanol–water partition coefficient (Wildman–Crippen LogP) is 2.49. The van der Waals surface area contributed by atoms with E-state index in [9.17, 15) is 4.39 Å². The van der Waals surface area contributed by atoms with Gasteiger partial charge in [-0.2, -0.15) is 0 Å². The minimum Gasteiger partial charge on any atom is -0.487 e. The fourth-order valence-corrected chi connectivity index (χ4v) is 1.07. The highest BCUT2D eigenvalue weighted by atomic mass is 19.1. The molecule has 0 unspecified atom stereocenters. The lowest BCUT2D eigenvalue weighted by Gasteiger charge is -2.09. The number of para-hydroxylation sites is 1. The topological polar surface area (TPSA) is 18.5 Å². The summed E-state index contributed by atoms with van der Waals surface area (Å²) in [5, 5.41) is 0. The summed E-state index contributed by atoms with van der Waals surface area (Å²) in [5.41, 5.74) is 0.654. The van der Waals surface area contributed by atoms with Gasteiger partial charge in [-0.05, 0) is 6.07 Å². The van der Waals surface area contributed by atoms with Crippen LogP contribution in [0.25, 0.3) is 6.08 Å². The highest BCUT2D eigenvalue weighted by Crippen LogP contribution is 2.23. The normalized spacial score (nSPS) is 9.86. The van der Waals surface area contributed by atoms with Crippen LogP contribution in [-0.2, 0) is 4.74 Å². The van der Waals surface area contributed by atoms with E-state index in [1.807, 2.05) is 0 Å². The van der Waals surface area contributed by atoms with Gasteiger partial charge in [-0.3, -0.25) is 0 Å². The van der Waals surface area contributed by atoms with E-state index in [0.29, 0.717) is 18.8 Å². The number of rotatable bonds is 5. The third-order valence-corrected chi connectivity index (χ3v) is 1.75. The summed E-state index contributed by atoms with van der Waals surface area (Å²) in [6, 6.07) is 4.73. The third kappa shape index (κ3) is 2.57. The van der Waals surface area contributed by atoms with E-state index in [1.54, 1.807) is 25.3 Å². The van der Waals surface area contributed by atoms with E-state index in [-0.39, 0.29) is 11.6 Å². The molecule has 0 aliphatic heterocycles. The molecule has 0 spiro atoms. The second-order valence-corrected chi connectivity index (χ2v) is 2.70. The lowest BCUT2D eigenvalue weighted by molar-refractivity contribution is 0.143. The number of ether oxygens (including phenoxy) is 2. The van der Waals surface area contributed by atoms with Crippen molar-refractivity contribution in [1.29, 1.82) is 0 Å². The summed E-state index contributed by atoms with van der Waals surface area (Å²) in [6.45, 7) is 4.35.